The molecule has 0 heterocycles. The number of nitro groups is 1. The normalized spacial score (nSPS) is 12.2. The van der Waals surface area contributed by atoms with E-state index in [1.807, 2.05) is 25.1 Å². The minimum absolute atomic E-state index is 0.0640. The number of nitrogens with two attached hydrogens (primary N) is 1. The van der Waals surface area contributed by atoms with Gasteiger partial charge in [0.05, 0.1) is 9.95 Å². The molecule has 6 heteroatoms. The summed E-state index contributed by atoms with van der Waals surface area (Å²) >= 11 is 7.68. The molecular formula is C14H13ClN2O2S. The van der Waals surface area contributed by atoms with E-state index < -0.39 is 4.92 Å². The van der Waals surface area contributed by atoms with E-state index in [1.165, 1.54) is 23.9 Å². The molecule has 1 atom stereocenters. The number of nitrogens with zero attached hydrogens (tertiary/aromatic N) is 1. The maximum atomic E-state index is 10.6. The van der Waals surface area contributed by atoms with Crippen molar-refractivity contribution in [2.24, 2.45) is 5.73 Å². The molecule has 2 rings (SSSR count). The van der Waals surface area contributed by atoms with Gasteiger partial charge in [0.1, 0.15) is 0 Å². The highest BCUT2D eigenvalue weighted by atomic mass is 35.5. The molecule has 0 radical (unpaired) electrons. The number of hydrogen-bond donors (Lipinski definition) is 1. The van der Waals surface area contributed by atoms with Gasteiger partial charge >= 0.3 is 0 Å². The second-order valence-corrected chi connectivity index (χ2v) is 5.85. The monoisotopic (exact) mass is 308 g/mol. The van der Waals surface area contributed by atoms with Gasteiger partial charge in [0.15, 0.2) is 0 Å². The topological polar surface area (TPSA) is 69.2 Å². The largest absolute Gasteiger partial charge is 0.324 e. The third kappa shape index (κ3) is 3.50. The lowest BCUT2D eigenvalue weighted by Gasteiger charge is -2.09. The highest BCUT2D eigenvalue weighted by molar-refractivity contribution is 7.99. The van der Waals surface area contributed by atoms with Crippen LogP contribution >= 0.6 is 23.4 Å². The van der Waals surface area contributed by atoms with E-state index in [0.717, 1.165) is 15.4 Å². The summed E-state index contributed by atoms with van der Waals surface area (Å²) in [6, 6.07) is 12.0. The molecule has 20 heavy (non-hydrogen) atoms. The van der Waals surface area contributed by atoms with Crippen molar-refractivity contribution in [3.63, 3.8) is 0 Å². The van der Waals surface area contributed by atoms with Gasteiger partial charge in [0.25, 0.3) is 5.69 Å². The van der Waals surface area contributed by atoms with Crippen molar-refractivity contribution in [1.82, 2.24) is 0 Å². The molecule has 2 aromatic rings. The standard InChI is InChI=1S/C14H13ClN2O2S/c1-9(16)10-2-7-14(13(15)8-10)20-12-5-3-11(4-6-12)17(18)19/h2-9H,16H2,1H3/t9-/m1/s1. The van der Waals surface area contributed by atoms with E-state index in [1.54, 1.807) is 12.1 Å². The van der Waals surface area contributed by atoms with Crippen molar-refractivity contribution in [1.29, 1.82) is 0 Å². The van der Waals surface area contributed by atoms with Gasteiger partial charge < -0.3 is 5.73 Å². The smallest absolute Gasteiger partial charge is 0.269 e. The Morgan fingerprint density at radius 3 is 2.40 bits per heavy atom. The first-order valence-corrected chi connectivity index (χ1v) is 7.14. The van der Waals surface area contributed by atoms with Crippen LogP contribution in [0.4, 0.5) is 5.69 Å². The van der Waals surface area contributed by atoms with Crippen molar-refractivity contribution >= 4 is 29.1 Å². The fourth-order valence-corrected chi connectivity index (χ4v) is 2.77. The number of hydrogen-bond acceptors (Lipinski definition) is 4. The molecule has 0 aliphatic carbocycles. The van der Waals surface area contributed by atoms with Gasteiger partial charge in [-0.15, -0.1) is 0 Å². The van der Waals surface area contributed by atoms with Crippen molar-refractivity contribution in [3.8, 4) is 0 Å². The second kappa shape index (κ2) is 6.26. The van der Waals surface area contributed by atoms with Crippen LogP contribution in [0.25, 0.3) is 0 Å². The van der Waals surface area contributed by atoms with E-state index >= 15 is 0 Å². The zero-order valence-corrected chi connectivity index (χ0v) is 12.3. The third-order valence-corrected chi connectivity index (χ3v) is 4.27. The molecule has 4 nitrogen and oxygen atoms in total. The molecule has 2 N–H and O–H groups in total. The van der Waals surface area contributed by atoms with Crippen molar-refractivity contribution < 1.29 is 4.92 Å². The molecule has 0 aromatic heterocycles. The Kier molecular flexibility index (Phi) is 4.65. The highest BCUT2D eigenvalue weighted by Gasteiger charge is 2.08. The van der Waals surface area contributed by atoms with E-state index in [0.29, 0.717) is 5.02 Å². The molecule has 0 amide bonds. The Morgan fingerprint density at radius 1 is 1.25 bits per heavy atom. The quantitative estimate of drug-likeness (QED) is 0.670. The number of non-ortho nitro benzene ring substituents is 1. The summed E-state index contributed by atoms with van der Waals surface area (Å²) in [5, 5.41) is 11.2. The molecule has 0 aliphatic heterocycles. The maximum absolute atomic E-state index is 10.6. The molecule has 0 bridgehead atoms. The van der Waals surface area contributed by atoms with Crippen LogP contribution in [-0.2, 0) is 0 Å². The van der Waals surface area contributed by atoms with Crippen LogP contribution in [0.3, 0.4) is 0 Å². The summed E-state index contributed by atoms with van der Waals surface area (Å²) < 4.78 is 0. The molecule has 2 aromatic carbocycles. The predicted molar refractivity (Wildman–Crippen MR) is 81.3 cm³/mol. The fourth-order valence-electron chi connectivity index (χ4n) is 1.65. The van der Waals surface area contributed by atoms with E-state index in [2.05, 4.69) is 0 Å². The average Bonchev–Trinajstić information content (AvgIpc) is 2.41. The molecular weight excluding hydrogens is 296 g/mol. The lowest BCUT2D eigenvalue weighted by Crippen LogP contribution is -2.04. The minimum atomic E-state index is -0.418. The Balaban J connectivity index is 2.19. The molecule has 0 saturated carbocycles. The van der Waals surface area contributed by atoms with Gasteiger partial charge in [-0.05, 0) is 36.8 Å². The highest BCUT2D eigenvalue weighted by Crippen LogP contribution is 2.35. The van der Waals surface area contributed by atoms with Gasteiger partial charge in [0.2, 0.25) is 0 Å². The molecule has 0 aliphatic rings. The van der Waals surface area contributed by atoms with Gasteiger partial charge in [-0.3, -0.25) is 10.1 Å². The maximum Gasteiger partial charge on any atom is 0.269 e. The number of nitro benzene ring substituents is 1. The fraction of sp³-hybridized carbons (Fsp3) is 0.143. The summed E-state index contributed by atoms with van der Waals surface area (Å²) in [6.45, 7) is 1.90. The zero-order valence-electron chi connectivity index (χ0n) is 10.7. The van der Waals surface area contributed by atoms with Gasteiger partial charge in [-0.2, -0.15) is 0 Å². The number of benzene rings is 2. The van der Waals surface area contributed by atoms with Crippen LogP contribution in [-0.4, -0.2) is 4.92 Å². The van der Waals surface area contributed by atoms with Crippen molar-refractivity contribution in [2.75, 3.05) is 0 Å². The van der Waals surface area contributed by atoms with Crippen LogP contribution in [0.2, 0.25) is 5.02 Å². The van der Waals surface area contributed by atoms with Crippen LogP contribution in [0.1, 0.15) is 18.5 Å². The van der Waals surface area contributed by atoms with E-state index in [-0.39, 0.29) is 11.7 Å². The number of rotatable bonds is 4. The molecule has 0 unspecified atom stereocenters. The Labute approximate surface area is 126 Å². The molecule has 0 fully saturated rings. The van der Waals surface area contributed by atoms with Crippen molar-refractivity contribution in [2.45, 2.75) is 22.8 Å². The lowest BCUT2D eigenvalue weighted by atomic mass is 10.1. The summed E-state index contributed by atoms with van der Waals surface area (Å²) in [4.78, 5) is 12.0. The summed E-state index contributed by atoms with van der Waals surface area (Å²) in [6.07, 6.45) is 0. The first-order chi connectivity index (χ1) is 9.47. The third-order valence-electron chi connectivity index (χ3n) is 2.76. The van der Waals surface area contributed by atoms with Crippen LogP contribution in [0.15, 0.2) is 52.3 Å². The molecule has 104 valence electrons. The Hall–Kier alpha value is -1.56. The van der Waals surface area contributed by atoms with Crippen LogP contribution in [0, 0.1) is 10.1 Å². The van der Waals surface area contributed by atoms with Crippen LogP contribution in [0.5, 0.6) is 0 Å². The second-order valence-electron chi connectivity index (χ2n) is 4.33. The Morgan fingerprint density at radius 2 is 1.90 bits per heavy atom. The first-order valence-electron chi connectivity index (χ1n) is 5.94. The van der Waals surface area contributed by atoms with Gasteiger partial charge in [-0.1, -0.05) is 29.4 Å². The SMILES string of the molecule is C[C@@H](N)c1ccc(Sc2ccc([N+](=O)[O-])cc2)c(Cl)c1. The molecule has 0 spiro atoms. The zero-order chi connectivity index (χ0) is 14.7. The van der Waals surface area contributed by atoms with E-state index in [9.17, 15) is 10.1 Å². The van der Waals surface area contributed by atoms with Crippen molar-refractivity contribution in [3.05, 3.63) is 63.2 Å². The summed E-state index contributed by atoms with van der Waals surface area (Å²) in [7, 11) is 0. The number of halogens is 1. The van der Waals surface area contributed by atoms with Crippen LogP contribution < -0.4 is 5.73 Å². The summed E-state index contributed by atoms with van der Waals surface area (Å²) in [5.74, 6) is 0. The molecule has 0 saturated heterocycles. The van der Waals surface area contributed by atoms with Gasteiger partial charge in [0, 0.05) is 28.0 Å². The minimum Gasteiger partial charge on any atom is -0.324 e. The Bertz CT molecular complexity index is 630. The first kappa shape index (κ1) is 14.8. The predicted octanol–water partition coefficient (Wildman–Crippen LogP) is 4.42. The summed E-state index contributed by atoms with van der Waals surface area (Å²) in [5.41, 5.74) is 6.85. The average molecular weight is 309 g/mol. The van der Waals surface area contributed by atoms with E-state index in [4.69, 9.17) is 17.3 Å². The lowest BCUT2D eigenvalue weighted by molar-refractivity contribution is -0.384. The van der Waals surface area contributed by atoms with Gasteiger partial charge in [-0.25, -0.2) is 0 Å².